The number of aryl methyl sites for hydroxylation is 1. The molecular formula is C19H20FN3O4S. The second-order valence-corrected chi connectivity index (χ2v) is 7.05. The van der Waals surface area contributed by atoms with Crippen molar-refractivity contribution in [2.75, 3.05) is 17.3 Å². The predicted molar refractivity (Wildman–Crippen MR) is 107 cm³/mol. The van der Waals surface area contributed by atoms with Gasteiger partial charge in [-0.3, -0.25) is 19.7 Å². The smallest absolute Gasteiger partial charge is 0.270 e. The molecule has 0 aromatic heterocycles. The minimum absolute atomic E-state index is 0.0816. The molecule has 0 spiro atoms. The number of thioether (sulfide) groups is 1. The van der Waals surface area contributed by atoms with Gasteiger partial charge in [-0.2, -0.15) is 11.8 Å². The molecule has 0 aliphatic carbocycles. The maximum Gasteiger partial charge on any atom is 0.270 e. The van der Waals surface area contributed by atoms with E-state index in [0.29, 0.717) is 23.4 Å². The zero-order valence-corrected chi connectivity index (χ0v) is 16.2. The predicted octanol–water partition coefficient (Wildman–Crippen LogP) is 3.53. The van der Waals surface area contributed by atoms with Crippen LogP contribution < -0.4 is 10.6 Å². The molecule has 148 valence electrons. The Labute approximate surface area is 165 Å². The van der Waals surface area contributed by atoms with Gasteiger partial charge in [-0.05, 0) is 49.1 Å². The molecule has 0 aliphatic rings. The summed E-state index contributed by atoms with van der Waals surface area (Å²) in [5.41, 5.74) is 0.873. The Morgan fingerprint density at radius 1 is 1.25 bits per heavy atom. The largest absolute Gasteiger partial charge is 0.340 e. The van der Waals surface area contributed by atoms with E-state index >= 15 is 0 Å². The maximum atomic E-state index is 13.5. The molecule has 0 aliphatic heterocycles. The van der Waals surface area contributed by atoms with Gasteiger partial charge in [0.25, 0.3) is 11.6 Å². The second kappa shape index (κ2) is 9.84. The minimum atomic E-state index is -0.873. The number of nitrogens with zero attached hydrogens (tertiary/aromatic N) is 1. The van der Waals surface area contributed by atoms with Crippen LogP contribution in [0, 0.1) is 22.9 Å². The van der Waals surface area contributed by atoms with Crippen LogP contribution in [0.25, 0.3) is 0 Å². The molecule has 0 unspecified atom stereocenters. The Morgan fingerprint density at radius 2 is 2.00 bits per heavy atom. The van der Waals surface area contributed by atoms with Gasteiger partial charge in [0.2, 0.25) is 5.91 Å². The van der Waals surface area contributed by atoms with E-state index in [1.165, 1.54) is 42.1 Å². The van der Waals surface area contributed by atoms with Crippen molar-refractivity contribution in [2.24, 2.45) is 0 Å². The molecule has 0 saturated carbocycles. The van der Waals surface area contributed by atoms with E-state index in [2.05, 4.69) is 10.6 Å². The highest BCUT2D eigenvalue weighted by Crippen LogP contribution is 2.17. The van der Waals surface area contributed by atoms with Gasteiger partial charge in [0.05, 0.1) is 4.92 Å². The Bertz CT molecular complexity index is 891. The highest BCUT2D eigenvalue weighted by molar-refractivity contribution is 7.98. The molecule has 28 heavy (non-hydrogen) atoms. The lowest BCUT2D eigenvalue weighted by Gasteiger charge is -2.19. The third-order valence-corrected chi connectivity index (χ3v) is 4.65. The van der Waals surface area contributed by atoms with Gasteiger partial charge in [0, 0.05) is 23.4 Å². The molecule has 2 rings (SSSR count). The van der Waals surface area contributed by atoms with Crippen LogP contribution in [0.2, 0.25) is 0 Å². The topological polar surface area (TPSA) is 101 Å². The van der Waals surface area contributed by atoms with Crippen LogP contribution in [0.1, 0.15) is 22.3 Å². The van der Waals surface area contributed by atoms with Crippen molar-refractivity contribution in [3.8, 4) is 0 Å². The molecule has 7 nitrogen and oxygen atoms in total. The number of hydrogen-bond donors (Lipinski definition) is 2. The van der Waals surface area contributed by atoms with Gasteiger partial charge in [-0.25, -0.2) is 4.39 Å². The third-order valence-electron chi connectivity index (χ3n) is 4.01. The first kappa shape index (κ1) is 21.4. The first-order valence-electron chi connectivity index (χ1n) is 8.43. The standard InChI is InChI=1S/C19H20FN3O4S/c1-12-6-7-14(20)11-17(12)22-19(25)16(8-9-28-2)21-18(24)13-4-3-5-15(10-13)23(26)27/h3-7,10-11,16H,8-9H2,1-2H3,(H,21,24)(H,22,25)/t16-/m0/s1. The van der Waals surface area contributed by atoms with Gasteiger partial charge >= 0.3 is 0 Å². The summed E-state index contributed by atoms with van der Waals surface area (Å²) in [5.74, 6) is -0.959. The van der Waals surface area contributed by atoms with Crippen molar-refractivity contribution < 1.29 is 18.9 Å². The molecule has 2 aromatic rings. The fraction of sp³-hybridized carbons (Fsp3) is 0.263. The summed E-state index contributed by atoms with van der Waals surface area (Å²) >= 11 is 1.51. The number of rotatable bonds is 8. The van der Waals surface area contributed by atoms with Crippen LogP contribution in [0.5, 0.6) is 0 Å². The van der Waals surface area contributed by atoms with Crippen molar-refractivity contribution in [1.82, 2.24) is 5.32 Å². The van der Waals surface area contributed by atoms with Crippen molar-refractivity contribution in [2.45, 2.75) is 19.4 Å². The first-order chi connectivity index (χ1) is 13.3. The van der Waals surface area contributed by atoms with Crippen molar-refractivity contribution in [3.05, 3.63) is 69.5 Å². The lowest BCUT2D eigenvalue weighted by molar-refractivity contribution is -0.384. The zero-order chi connectivity index (χ0) is 20.7. The second-order valence-electron chi connectivity index (χ2n) is 6.06. The lowest BCUT2D eigenvalue weighted by Crippen LogP contribution is -2.44. The van der Waals surface area contributed by atoms with Gasteiger partial charge in [0.15, 0.2) is 0 Å². The van der Waals surface area contributed by atoms with E-state index in [1.807, 2.05) is 6.26 Å². The number of anilines is 1. The molecule has 0 fully saturated rings. The summed E-state index contributed by atoms with van der Waals surface area (Å²) in [4.78, 5) is 35.4. The Hall–Kier alpha value is -2.94. The number of nitro groups is 1. The van der Waals surface area contributed by atoms with Gasteiger partial charge in [-0.15, -0.1) is 0 Å². The molecule has 0 heterocycles. The Morgan fingerprint density at radius 3 is 2.68 bits per heavy atom. The molecule has 2 amide bonds. The van der Waals surface area contributed by atoms with Crippen LogP contribution in [-0.4, -0.2) is 34.8 Å². The number of carbonyl (C=O) groups excluding carboxylic acids is 2. The fourth-order valence-electron chi connectivity index (χ4n) is 2.46. The normalized spacial score (nSPS) is 11.5. The summed E-state index contributed by atoms with van der Waals surface area (Å²) in [7, 11) is 0. The van der Waals surface area contributed by atoms with E-state index in [0.717, 1.165) is 6.07 Å². The average molecular weight is 405 g/mol. The highest BCUT2D eigenvalue weighted by atomic mass is 32.2. The number of amides is 2. The summed E-state index contributed by atoms with van der Waals surface area (Å²) in [6.07, 6.45) is 2.22. The SMILES string of the molecule is CSCC[C@H](NC(=O)c1cccc([N+](=O)[O-])c1)C(=O)Nc1cc(F)ccc1C. The Balaban J connectivity index is 2.17. The molecule has 9 heteroatoms. The molecule has 0 radical (unpaired) electrons. The van der Waals surface area contributed by atoms with Crippen LogP contribution in [-0.2, 0) is 4.79 Å². The number of nitrogens with one attached hydrogen (secondary N) is 2. The minimum Gasteiger partial charge on any atom is -0.340 e. The van der Waals surface area contributed by atoms with Crippen LogP contribution in [0.15, 0.2) is 42.5 Å². The van der Waals surface area contributed by atoms with E-state index in [4.69, 9.17) is 0 Å². The Kier molecular flexibility index (Phi) is 7.51. The highest BCUT2D eigenvalue weighted by Gasteiger charge is 2.22. The number of halogens is 1. The van der Waals surface area contributed by atoms with Crippen molar-refractivity contribution in [3.63, 3.8) is 0 Å². The summed E-state index contributed by atoms with van der Waals surface area (Å²) < 4.78 is 13.5. The van der Waals surface area contributed by atoms with Crippen LogP contribution >= 0.6 is 11.8 Å². The fourth-order valence-corrected chi connectivity index (χ4v) is 2.93. The van der Waals surface area contributed by atoms with E-state index < -0.39 is 28.6 Å². The van der Waals surface area contributed by atoms with Gasteiger partial charge in [-0.1, -0.05) is 12.1 Å². The molecular weight excluding hydrogens is 385 g/mol. The number of hydrogen-bond acceptors (Lipinski definition) is 5. The molecule has 2 N–H and O–H groups in total. The number of nitro benzene ring substituents is 1. The van der Waals surface area contributed by atoms with Crippen LogP contribution in [0.4, 0.5) is 15.8 Å². The molecule has 2 aromatic carbocycles. The van der Waals surface area contributed by atoms with E-state index in [-0.39, 0.29) is 11.3 Å². The average Bonchev–Trinajstić information content (AvgIpc) is 2.67. The number of carbonyl (C=O) groups is 2. The first-order valence-corrected chi connectivity index (χ1v) is 9.82. The van der Waals surface area contributed by atoms with Gasteiger partial charge in [0.1, 0.15) is 11.9 Å². The van der Waals surface area contributed by atoms with E-state index in [9.17, 15) is 24.1 Å². The molecule has 0 saturated heterocycles. The molecule has 1 atom stereocenters. The number of benzene rings is 2. The van der Waals surface area contributed by atoms with Crippen molar-refractivity contribution >= 4 is 35.0 Å². The van der Waals surface area contributed by atoms with E-state index in [1.54, 1.807) is 13.0 Å². The maximum absolute atomic E-state index is 13.5. The number of non-ortho nitro benzene ring substituents is 1. The van der Waals surface area contributed by atoms with Crippen molar-refractivity contribution in [1.29, 1.82) is 0 Å². The quantitative estimate of drug-likeness (QED) is 0.517. The third kappa shape index (κ3) is 5.78. The summed E-state index contributed by atoms with van der Waals surface area (Å²) in [6.45, 7) is 1.73. The summed E-state index contributed by atoms with van der Waals surface area (Å²) in [5, 5.41) is 16.1. The van der Waals surface area contributed by atoms with Gasteiger partial charge < -0.3 is 10.6 Å². The zero-order valence-electron chi connectivity index (χ0n) is 15.4. The lowest BCUT2D eigenvalue weighted by atomic mass is 10.1. The molecule has 0 bridgehead atoms. The monoisotopic (exact) mass is 405 g/mol. The van der Waals surface area contributed by atoms with Crippen LogP contribution in [0.3, 0.4) is 0 Å². The summed E-state index contributed by atoms with van der Waals surface area (Å²) in [6, 6.07) is 8.44.